The molecule has 136 valence electrons. The Morgan fingerprint density at radius 1 is 1.19 bits per heavy atom. The molecule has 0 aliphatic carbocycles. The number of hydrogen-bond acceptors (Lipinski definition) is 3. The molecule has 5 nitrogen and oxygen atoms in total. The number of ether oxygens (including phenoxy) is 1. The average molecular weight is 356 g/mol. The van der Waals surface area contributed by atoms with Crippen LogP contribution in [0.1, 0.15) is 22.3 Å². The third-order valence-electron chi connectivity index (χ3n) is 4.35. The van der Waals surface area contributed by atoms with E-state index in [9.17, 15) is 14.0 Å². The summed E-state index contributed by atoms with van der Waals surface area (Å²) in [6.07, 6.45) is 0.295. The highest BCUT2D eigenvalue weighted by Gasteiger charge is 2.18. The largest absolute Gasteiger partial charge is 0.360 e. The van der Waals surface area contributed by atoms with Gasteiger partial charge in [0.2, 0.25) is 5.91 Å². The van der Waals surface area contributed by atoms with Crippen LogP contribution in [0.25, 0.3) is 11.1 Å². The fraction of sp³-hybridized carbons (Fsp3) is 0.300. The Labute approximate surface area is 151 Å². The Kier molecular flexibility index (Phi) is 5.63. The van der Waals surface area contributed by atoms with Gasteiger partial charge in [0.05, 0.1) is 13.0 Å². The third-order valence-corrected chi connectivity index (χ3v) is 4.35. The lowest BCUT2D eigenvalue weighted by Crippen LogP contribution is -2.38. The summed E-state index contributed by atoms with van der Waals surface area (Å²) in [7, 11) is 0. The minimum atomic E-state index is -0.290. The number of carbonyl (C=O) groups is 2. The fourth-order valence-electron chi connectivity index (χ4n) is 2.86. The Morgan fingerprint density at radius 3 is 2.73 bits per heavy atom. The van der Waals surface area contributed by atoms with Gasteiger partial charge < -0.3 is 15.0 Å². The smallest absolute Gasteiger partial charge is 0.255 e. The van der Waals surface area contributed by atoms with Crippen LogP contribution in [0.2, 0.25) is 0 Å². The summed E-state index contributed by atoms with van der Waals surface area (Å²) >= 11 is 0. The summed E-state index contributed by atoms with van der Waals surface area (Å²) in [4.78, 5) is 25.7. The maximum atomic E-state index is 13.5. The van der Waals surface area contributed by atoms with Crippen LogP contribution in [-0.2, 0) is 9.53 Å². The predicted molar refractivity (Wildman–Crippen MR) is 96.1 cm³/mol. The number of benzene rings is 2. The van der Waals surface area contributed by atoms with Crippen LogP contribution in [0.4, 0.5) is 4.39 Å². The highest BCUT2D eigenvalue weighted by atomic mass is 19.1. The summed E-state index contributed by atoms with van der Waals surface area (Å²) in [6.45, 7) is 3.14. The molecule has 1 saturated heterocycles. The van der Waals surface area contributed by atoms with E-state index in [-0.39, 0.29) is 31.0 Å². The number of aryl methyl sites for hydroxylation is 1. The van der Waals surface area contributed by atoms with Gasteiger partial charge in [-0.15, -0.1) is 0 Å². The summed E-state index contributed by atoms with van der Waals surface area (Å²) in [5.74, 6) is -0.528. The monoisotopic (exact) mass is 356 g/mol. The molecule has 1 heterocycles. The molecule has 0 saturated carbocycles. The highest BCUT2D eigenvalue weighted by Crippen LogP contribution is 2.25. The minimum absolute atomic E-state index is 0.0749. The van der Waals surface area contributed by atoms with Gasteiger partial charge in [0.15, 0.2) is 0 Å². The van der Waals surface area contributed by atoms with Crippen molar-refractivity contribution in [3.05, 3.63) is 59.4 Å². The summed E-state index contributed by atoms with van der Waals surface area (Å²) in [6, 6.07) is 11.7. The molecule has 0 spiro atoms. The molecule has 0 unspecified atom stereocenters. The topological polar surface area (TPSA) is 58.6 Å². The predicted octanol–water partition coefficient (Wildman–Crippen LogP) is 2.74. The van der Waals surface area contributed by atoms with Gasteiger partial charge in [0.25, 0.3) is 5.91 Å². The van der Waals surface area contributed by atoms with Crippen molar-refractivity contribution < 1.29 is 18.7 Å². The van der Waals surface area contributed by atoms with E-state index in [4.69, 9.17) is 4.74 Å². The zero-order valence-corrected chi connectivity index (χ0v) is 14.6. The second-order valence-corrected chi connectivity index (χ2v) is 6.24. The zero-order valence-electron chi connectivity index (χ0n) is 14.6. The lowest BCUT2D eigenvalue weighted by molar-refractivity contribution is -0.121. The molecule has 2 aromatic carbocycles. The number of hydrogen-bond donors (Lipinski definition) is 1. The third kappa shape index (κ3) is 4.26. The Bertz CT molecular complexity index is 805. The number of amides is 2. The first-order chi connectivity index (χ1) is 12.5. The molecule has 6 heteroatoms. The molecule has 3 rings (SSSR count). The van der Waals surface area contributed by atoms with E-state index >= 15 is 0 Å². The van der Waals surface area contributed by atoms with Crippen LogP contribution in [0.15, 0.2) is 42.5 Å². The molecule has 0 aromatic heterocycles. The molecule has 1 aliphatic heterocycles. The molecular formula is C20H21FN2O3. The molecule has 1 aliphatic rings. The average Bonchev–Trinajstić information content (AvgIpc) is 2.75. The SMILES string of the molecule is Cc1ccc(F)cc1-c1ccc(C(=O)N2CCNC(=O)CCOC2)cc1. The number of halogens is 1. The molecule has 1 N–H and O–H groups in total. The first-order valence-electron chi connectivity index (χ1n) is 8.55. The maximum Gasteiger partial charge on any atom is 0.255 e. The quantitative estimate of drug-likeness (QED) is 0.900. The van der Waals surface area contributed by atoms with Crippen molar-refractivity contribution in [2.45, 2.75) is 13.3 Å². The Morgan fingerprint density at radius 2 is 1.96 bits per heavy atom. The van der Waals surface area contributed by atoms with E-state index in [0.29, 0.717) is 25.1 Å². The van der Waals surface area contributed by atoms with Gasteiger partial charge in [-0.3, -0.25) is 9.59 Å². The van der Waals surface area contributed by atoms with Crippen molar-refractivity contribution in [2.75, 3.05) is 26.4 Å². The number of nitrogens with zero attached hydrogens (tertiary/aromatic N) is 1. The van der Waals surface area contributed by atoms with Crippen molar-refractivity contribution in [3.8, 4) is 11.1 Å². The molecule has 0 bridgehead atoms. The molecule has 2 amide bonds. The molecule has 26 heavy (non-hydrogen) atoms. The van der Waals surface area contributed by atoms with Crippen molar-refractivity contribution in [3.63, 3.8) is 0 Å². The summed E-state index contributed by atoms with van der Waals surface area (Å²) < 4.78 is 18.9. The van der Waals surface area contributed by atoms with Crippen LogP contribution in [0.3, 0.4) is 0 Å². The maximum absolute atomic E-state index is 13.5. The van der Waals surface area contributed by atoms with E-state index < -0.39 is 0 Å². The Hall–Kier alpha value is -2.73. The first-order valence-corrected chi connectivity index (χ1v) is 8.55. The van der Waals surface area contributed by atoms with E-state index in [2.05, 4.69) is 5.32 Å². The molecular weight excluding hydrogens is 335 g/mol. The van der Waals surface area contributed by atoms with Crippen molar-refractivity contribution in [1.29, 1.82) is 0 Å². The normalized spacial score (nSPS) is 15.6. The Balaban J connectivity index is 1.75. The number of nitrogens with one attached hydrogen (secondary N) is 1. The van der Waals surface area contributed by atoms with E-state index in [1.807, 2.05) is 19.1 Å². The second kappa shape index (κ2) is 8.10. The molecule has 0 atom stereocenters. The molecule has 1 fully saturated rings. The lowest BCUT2D eigenvalue weighted by atomic mass is 9.99. The molecule has 2 aromatic rings. The van der Waals surface area contributed by atoms with Crippen molar-refractivity contribution >= 4 is 11.8 Å². The van der Waals surface area contributed by atoms with Crippen molar-refractivity contribution in [1.82, 2.24) is 10.2 Å². The van der Waals surface area contributed by atoms with Gasteiger partial charge >= 0.3 is 0 Å². The van der Waals surface area contributed by atoms with Crippen LogP contribution in [0.5, 0.6) is 0 Å². The highest BCUT2D eigenvalue weighted by molar-refractivity contribution is 5.94. The van der Waals surface area contributed by atoms with Crippen LogP contribution >= 0.6 is 0 Å². The second-order valence-electron chi connectivity index (χ2n) is 6.24. The van der Waals surface area contributed by atoms with E-state index in [1.165, 1.54) is 12.1 Å². The van der Waals surface area contributed by atoms with Crippen LogP contribution in [-0.4, -0.2) is 43.1 Å². The number of carbonyl (C=O) groups excluding carboxylic acids is 2. The zero-order chi connectivity index (χ0) is 18.5. The summed E-state index contributed by atoms with van der Waals surface area (Å²) in [5, 5.41) is 2.75. The van der Waals surface area contributed by atoms with Crippen LogP contribution < -0.4 is 5.32 Å². The minimum Gasteiger partial charge on any atom is -0.360 e. The van der Waals surface area contributed by atoms with Gasteiger partial charge in [-0.2, -0.15) is 0 Å². The lowest BCUT2D eigenvalue weighted by Gasteiger charge is -2.21. The summed E-state index contributed by atoms with van der Waals surface area (Å²) in [5.41, 5.74) is 3.15. The molecule has 0 radical (unpaired) electrons. The van der Waals surface area contributed by atoms with Gasteiger partial charge in [-0.05, 0) is 47.9 Å². The van der Waals surface area contributed by atoms with Gasteiger partial charge in [-0.25, -0.2) is 4.39 Å². The standard InChI is InChI=1S/C20H21FN2O3/c1-14-2-7-17(21)12-18(14)15-3-5-16(6-4-15)20(25)23-10-9-22-19(24)8-11-26-13-23/h2-7,12H,8-11,13H2,1H3,(H,22,24). The first kappa shape index (κ1) is 18.1. The van der Waals surface area contributed by atoms with E-state index in [0.717, 1.165) is 16.7 Å². The van der Waals surface area contributed by atoms with Gasteiger partial charge in [-0.1, -0.05) is 18.2 Å². The van der Waals surface area contributed by atoms with Crippen LogP contribution in [0, 0.1) is 12.7 Å². The fourth-order valence-corrected chi connectivity index (χ4v) is 2.86. The van der Waals surface area contributed by atoms with Crippen molar-refractivity contribution in [2.24, 2.45) is 0 Å². The van der Waals surface area contributed by atoms with E-state index in [1.54, 1.807) is 23.1 Å². The number of rotatable bonds is 2. The van der Waals surface area contributed by atoms with Gasteiger partial charge in [0, 0.05) is 18.7 Å². The van der Waals surface area contributed by atoms with Gasteiger partial charge in [0.1, 0.15) is 12.5 Å².